The van der Waals surface area contributed by atoms with Crippen LogP contribution in [0.25, 0.3) is 0 Å². The van der Waals surface area contributed by atoms with E-state index >= 15 is 0 Å². The van der Waals surface area contributed by atoms with E-state index in [0.717, 1.165) is 5.56 Å². The zero-order valence-electron chi connectivity index (χ0n) is 15.2. The third kappa shape index (κ3) is 7.91. The van der Waals surface area contributed by atoms with Crippen molar-refractivity contribution in [1.29, 1.82) is 0 Å². The number of ether oxygens (including phenoxy) is 1. The summed E-state index contributed by atoms with van der Waals surface area (Å²) in [5, 5.41) is 0. The molecule has 1 heterocycles. The van der Waals surface area contributed by atoms with Gasteiger partial charge >= 0.3 is 6.01 Å². The fourth-order valence-corrected chi connectivity index (χ4v) is 2.98. The average Bonchev–Trinajstić information content (AvgIpc) is 2.27. The quantitative estimate of drug-likeness (QED) is 0.666. The second-order valence-electron chi connectivity index (χ2n) is 7.82. The molecule has 1 aromatic heterocycles. The lowest BCUT2D eigenvalue weighted by atomic mass is 10.2. The minimum absolute atomic E-state index is 0.403. The van der Waals surface area contributed by atoms with Gasteiger partial charge < -0.3 is 13.6 Å². The summed E-state index contributed by atoms with van der Waals surface area (Å²) < 4.78 is 17.7. The predicted octanol–water partition coefficient (Wildman–Crippen LogP) is 4.08. The third-order valence-corrected chi connectivity index (χ3v) is 3.91. The van der Waals surface area contributed by atoms with Crippen molar-refractivity contribution >= 4 is 16.6 Å². The lowest BCUT2D eigenvalue weighted by Crippen LogP contribution is -2.32. The van der Waals surface area contributed by atoms with E-state index in [1.165, 1.54) is 0 Å². The Kier molecular flexibility index (Phi) is 6.57. The van der Waals surface area contributed by atoms with E-state index in [4.69, 9.17) is 13.6 Å². The first-order valence-electron chi connectivity index (χ1n) is 7.78. The molecule has 5 nitrogen and oxygen atoms in total. The number of hydrogen-bond acceptors (Lipinski definition) is 5. The molecule has 0 saturated carbocycles. The Morgan fingerprint density at radius 2 is 1.59 bits per heavy atom. The highest BCUT2D eigenvalue weighted by Gasteiger charge is 2.23. The largest absolute Gasteiger partial charge is 0.531 e. The zero-order valence-corrected chi connectivity index (χ0v) is 17.2. The first-order chi connectivity index (χ1) is 9.96. The van der Waals surface area contributed by atoms with E-state index in [1.807, 2.05) is 0 Å². The second kappa shape index (κ2) is 7.56. The topological polar surface area (TPSA) is 53.5 Å². The third-order valence-electron chi connectivity index (χ3n) is 2.31. The van der Waals surface area contributed by atoms with Crippen molar-refractivity contribution in [2.24, 2.45) is 5.92 Å². The smallest absolute Gasteiger partial charge is 0.305 e. The van der Waals surface area contributed by atoms with Crippen LogP contribution in [0.2, 0.25) is 39.3 Å². The highest BCUT2D eigenvalue weighted by Crippen LogP contribution is 2.23. The van der Waals surface area contributed by atoms with Crippen LogP contribution in [0.4, 0.5) is 0 Å². The van der Waals surface area contributed by atoms with Gasteiger partial charge in [-0.15, -0.1) is 0 Å². The first kappa shape index (κ1) is 19.1. The lowest BCUT2D eigenvalue weighted by Gasteiger charge is -2.22. The van der Waals surface area contributed by atoms with Crippen LogP contribution in [0.15, 0.2) is 6.20 Å². The number of nitrogens with zero attached hydrogens (tertiary/aromatic N) is 2. The summed E-state index contributed by atoms with van der Waals surface area (Å²) >= 11 is 0. The van der Waals surface area contributed by atoms with E-state index in [9.17, 15) is 0 Å². The molecule has 0 N–H and O–H groups in total. The molecule has 0 aromatic carbocycles. The molecule has 0 radical (unpaired) electrons. The molecule has 126 valence electrons. The van der Waals surface area contributed by atoms with Crippen molar-refractivity contribution in [2.45, 2.75) is 59.7 Å². The van der Waals surface area contributed by atoms with Crippen molar-refractivity contribution in [3.63, 3.8) is 0 Å². The van der Waals surface area contributed by atoms with E-state index in [1.54, 1.807) is 6.20 Å². The van der Waals surface area contributed by atoms with Gasteiger partial charge in [-0.1, -0.05) is 13.8 Å². The average molecular weight is 343 g/mol. The fraction of sp³-hybridized carbons (Fsp3) is 0.733. The fourth-order valence-electron chi connectivity index (χ4n) is 1.58. The van der Waals surface area contributed by atoms with Crippen molar-refractivity contribution < 1.29 is 13.6 Å². The van der Waals surface area contributed by atoms with Crippen LogP contribution in [0, 0.1) is 5.92 Å². The zero-order chi connectivity index (χ0) is 17.0. The predicted molar refractivity (Wildman–Crippen MR) is 94.5 cm³/mol. The summed E-state index contributed by atoms with van der Waals surface area (Å²) in [5.74, 6) is 1.10. The van der Waals surface area contributed by atoms with Gasteiger partial charge in [-0.25, -0.2) is 4.98 Å². The Balaban J connectivity index is 2.94. The SMILES string of the molecule is CC(C)COCc1cnc(O[Si](C)(C)C)nc1O[Si](C)(C)C. The van der Waals surface area contributed by atoms with Gasteiger partial charge in [0.1, 0.15) is 0 Å². The molecule has 0 amide bonds. The van der Waals surface area contributed by atoms with Gasteiger partial charge in [0.2, 0.25) is 22.5 Å². The standard InChI is InChI=1S/C15H30N2O3Si2/c1-12(2)10-18-11-13-9-16-15(20-22(6,7)8)17-14(13)19-21(3,4)5/h9,12H,10-11H2,1-8H3. The highest BCUT2D eigenvalue weighted by atomic mass is 28.4. The van der Waals surface area contributed by atoms with Gasteiger partial charge in [0.05, 0.1) is 12.2 Å². The van der Waals surface area contributed by atoms with Crippen LogP contribution >= 0.6 is 0 Å². The summed E-state index contributed by atoms with van der Waals surface area (Å²) in [7, 11) is -3.50. The Hall–Kier alpha value is -0.926. The second-order valence-corrected chi connectivity index (χ2v) is 16.7. The van der Waals surface area contributed by atoms with Crippen LogP contribution < -0.4 is 8.85 Å². The Morgan fingerprint density at radius 1 is 1.00 bits per heavy atom. The number of hydrogen-bond donors (Lipinski definition) is 0. The molecule has 0 aliphatic rings. The minimum atomic E-state index is -1.76. The Morgan fingerprint density at radius 3 is 2.09 bits per heavy atom. The maximum atomic E-state index is 6.09. The molecule has 0 aliphatic heterocycles. The molecule has 0 bridgehead atoms. The number of aromatic nitrogens is 2. The molecule has 22 heavy (non-hydrogen) atoms. The maximum absolute atomic E-state index is 6.09. The molecular formula is C15H30N2O3Si2. The Labute approximate surface area is 136 Å². The molecule has 0 spiro atoms. The summed E-state index contributed by atoms with van der Waals surface area (Å²) in [6, 6.07) is 0.403. The number of rotatable bonds is 8. The van der Waals surface area contributed by atoms with Gasteiger partial charge in [-0.2, -0.15) is 4.98 Å². The van der Waals surface area contributed by atoms with Gasteiger partial charge in [0.25, 0.3) is 0 Å². The minimum Gasteiger partial charge on any atom is -0.531 e. The van der Waals surface area contributed by atoms with Crippen molar-refractivity contribution in [3.05, 3.63) is 11.8 Å². The molecule has 0 aliphatic carbocycles. The van der Waals surface area contributed by atoms with Crippen LogP contribution in [-0.2, 0) is 11.3 Å². The monoisotopic (exact) mass is 342 g/mol. The Bertz CT molecular complexity index is 483. The maximum Gasteiger partial charge on any atom is 0.305 e. The van der Waals surface area contributed by atoms with E-state index in [2.05, 4.69) is 63.1 Å². The summed E-state index contributed by atoms with van der Waals surface area (Å²) in [4.78, 5) is 8.78. The molecular weight excluding hydrogens is 312 g/mol. The van der Waals surface area contributed by atoms with Gasteiger partial charge in [0, 0.05) is 12.8 Å². The molecule has 1 rings (SSSR count). The molecule has 7 heteroatoms. The van der Waals surface area contributed by atoms with Crippen molar-refractivity contribution in [3.8, 4) is 11.9 Å². The molecule has 0 unspecified atom stereocenters. The summed E-state index contributed by atoms with van der Waals surface area (Å²) in [6.07, 6.45) is 1.76. The van der Waals surface area contributed by atoms with Crippen LogP contribution in [-0.4, -0.2) is 33.2 Å². The highest BCUT2D eigenvalue weighted by molar-refractivity contribution is 6.70. The van der Waals surface area contributed by atoms with E-state index in [-0.39, 0.29) is 0 Å². The normalized spacial score (nSPS) is 12.6. The van der Waals surface area contributed by atoms with Crippen molar-refractivity contribution in [2.75, 3.05) is 6.61 Å². The summed E-state index contributed by atoms with van der Waals surface area (Å²) in [6.45, 7) is 18.1. The van der Waals surface area contributed by atoms with Crippen LogP contribution in [0.3, 0.4) is 0 Å². The molecule has 0 atom stereocenters. The molecule has 1 aromatic rings. The first-order valence-corrected chi connectivity index (χ1v) is 14.6. The summed E-state index contributed by atoms with van der Waals surface area (Å²) in [5.41, 5.74) is 0.881. The van der Waals surface area contributed by atoms with Crippen LogP contribution in [0.5, 0.6) is 11.9 Å². The van der Waals surface area contributed by atoms with E-state index < -0.39 is 16.6 Å². The van der Waals surface area contributed by atoms with Gasteiger partial charge in [0.15, 0.2) is 0 Å². The molecule has 0 fully saturated rings. The lowest BCUT2D eigenvalue weighted by molar-refractivity contribution is 0.0955. The molecule has 0 saturated heterocycles. The van der Waals surface area contributed by atoms with Crippen molar-refractivity contribution in [1.82, 2.24) is 9.97 Å². The van der Waals surface area contributed by atoms with E-state index in [0.29, 0.717) is 31.0 Å². The van der Waals surface area contributed by atoms with Crippen LogP contribution in [0.1, 0.15) is 19.4 Å². The van der Waals surface area contributed by atoms with Gasteiger partial charge in [-0.3, -0.25) is 0 Å². The van der Waals surface area contributed by atoms with Gasteiger partial charge in [-0.05, 0) is 45.2 Å².